The number of carbonyl (C=O) groups excluding carboxylic acids is 1. The minimum Gasteiger partial charge on any atom is -0.383 e. The number of ether oxygens (including phenoxy) is 1. The Morgan fingerprint density at radius 1 is 1.25 bits per heavy atom. The Balaban J connectivity index is 0.00000288. The second-order valence-electron chi connectivity index (χ2n) is 5.66. The van der Waals surface area contributed by atoms with E-state index in [1.165, 1.54) is 6.07 Å². The highest BCUT2D eigenvalue weighted by Crippen LogP contribution is 2.49. The number of rotatable bonds is 8. The van der Waals surface area contributed by atoms with Crippen molar-refractivity contribution < 1.29 is 22.7 Å². The second kappa shape index (κ2) is 8.69. The van der Waals surface area contributed by atoms with Gasteiger partial charge in [0.05, 0.1) is 17.6 Å². The Labute approximate surface area is 145 Å². The molecule has 0 heterocycles. The topological polar surface area (TPSA) is 50.4 Å². The highest BCUT2D eigenvalue weighted by atomic mass is 35.5. The van der Waals surface area contributed by atoms with Gasteiger partial charge in [0.15, 0.2) is 0 Å². The lowest BCUT2D eigenvalue weighted by molar-refractivity contribution is -0.137. The van der Waals surface area contributed by atoms with Crippen LogP contribution in [0.2, 0.25) is 0 Å². The van der Waals surface area contributed by atoms with Gasteiger partial charge in [-0.1, -0.05) is 18.2 Å². The molecule has 0 atom stereocenters. The zero-order chi connectivity index (χ0) is 16.9. The Hall–Kier alpha value is -1.31. The fraction of sp³-hybridized carbons (Fsp3) is 0.562. The SMILES string of the molecule is COCCNCCNC(=O)C1(c2cccc(C(F)(F)F)c2)CC1.Cl. The van der Waals surface area contributed by atoms with Crippen LogP contribution in [0.15, 0.2) is 24.3 Å². The van der Waals surface area contributed by atoms with Gasteiger partial charge < -0.3 is 15.4 Å². The van der Waals surface area contributed by atoms with E-state index in [2.05, 4.69) is 10.6 Å². The standard InChI is InChI=1S/C16H21F3N2O2.ClH/c1-23-10-9-20-7-8-21-14(22)15(5-6-15)12-3-2-4-13(11-12)16(17,18)19;/h2-4,11,20H,5-10H2,1H3,(H,21,22);1H. The minimum atomic E-state index is -4.40. The lowest BCUT2D eigenvalue weighted by Crippen LogP contribution is -2.39. The molecule has 0 unspecified atom stereocenters. The van der Waals surface area contributed by atoms with Crippen molar-refractivity contribution in [3.63, 3.8) is 0 Å². The van der Waals surface area contributed by atoms with E-state index in [0.29, 0.717) is 44.6 Å². The molecule has 1 amide bonds. The van der Waals surface area contributed by atoms with Crippen LogP contribution in [0, 0.1) is 0 Å². The van der Waals surface area contributed by atoms with Crippen LogP contribution in [-0.4, -0.2) is 39.3 Å². The van der Waals surface area contributed by atoms with Crippen molar-refractivity contribution in [3.8, 4) is 0 Å². The first-order chi connectivity index (χ1) is 10.9. The largest absolute Gasteiger partial charge is 0.416 e. The summed E-state index contributed by atoms with van der Waals surface area (Å²) >= 11 is 0. The Bertz CT molecular complexity index is 548. The molecular weight excluding hydrogens is 345 g/mol. The lowest BCUT2D eigenvalue weighted by Gasteiger charge is -2.17. The van der Waals surface area contributed by atoms with Crippen LogP contribution in [0.25, 0.3) is 0 Å². The van der Waals surface area contributed by atoms with Crippen LogP contribution in [0.5, 0.6) is 0 Å². The number of hydrogen-bond donors (Lipinski definition) is 2. The number of amides is 1. The van der Waals surface area contributed by atoms with Crippen molar-refractivity contribution >= 4 is 18.3 Å². The summed E-state index contributed by atoms with van der Waals surface area (Å²) in [4.78, 5) is 12.3. The van der Waals surface area contributed by atoms with Gasteiger partial charge in [0.2, 0.25) is 5.91 Å². The van der Waals surface area contributed by atoms with Gasteiger partial charge >= 0.3 is 6.18 Å². The molecule has 1 saturated carbocycles. The van der Waals surface area contributed by atoms with Crippen LogP contribution in [-0.2, 0) is 21.1 Å². The average molecular weight is 367 g/mol. The summed E-state index contributed by atoms with van der Waals surface area (Å²) in [6, 6.07) is 5.07. The minimum absolute atomic E-state index is 0. The van der Waals surface area contributed by atoms with Crippen molar-refractivity contribution in [1.29, 1.82) is 0 Å². The van der Waals surface area contributed by atoms with Crippen LogP contribution < -0.4 is 10.6 Å². The third-order valence-corrected chi connectivity index (χ3v) is 4.00. The van der Waals surface area contributed by atoms with Crippen molar-refractivity contribution in [3.05, 3.63) is 35.4 Å². The molecule has 8 heteroatoms. The van der Waals surface area contributed by atoms with Gasteiger partial charge in [0, 0.05) is 26.7 Å². The van der Waals surface area contributed by atoms with E-state index in [4.69, 9.17) is 4.74 Å². The van der Waals surface area contributed by atoms with Crippen molar-refractivity contribution in [1.82, 2.24) is 10.6 Å². The summed E-state index contributed by atoms with van der Waals surface area (Å²) in [5, 5.41) is 5.89. The predicted molar refractivity (Wildman–Crippen MR) is 87.4 cm³/mol. The first kappa shape index (κ1) is 20.7. The predicted octanol–water partition coefficient (Wildman–Crippen LogP) is 2.51. The van der Waals surface area contributed by atoms with E-state index < -0.39 is 17.2 Å². The highest BCUT2D eigenvalue weighted by molar-refractivity contribution is 5.91. The van der Waals surface area contributed by atoms with Crippen molar-refractivity contribution in [2.45, 2.75) is 24.4 Å². The van der Waals surface area contributed by atoms with Crippen LogP contribution in [0.3, 0.4) is 0 Å². The van der Waals surface area contributed by atoms with Gasteiger partial charge in [-0.25, -0.2) is 0 Å². The number of methoxy groups -OCH3 is 1. The second-order valence-corrected chi connectivity index (χ2v) is 5.66. The van der Waals surface area contributed by atoms with Gasteiger partial charge in [-0.05, 0) is 24.5 Å². The molecule has 0 aliphatic heterocycles. The summed E-state index contributed by atoms with van der Waals surface area (Å²) in [5.41, 5.74) is -1.07. The Morgan fingerprint density at radius 3 is 2.54 bits per heavy atom. The molecule has 0 radical (unpaired) electrons. The van der Waals surface area contributed by atoms with Crippen LogP contribution in [0.4, 0.5) is 13.2 Å². The van der Waals surface area contributed by atoms with E-state index in [9.17, 15) is 18.0 Å². The highest BCUT2D eigenvalue weighted by Gasteiger charge is 2.51. The molecule has 4 nitrogen and oxygen atoms in total. The van der Waals surface area contributed by atoms with E-state index in [0.717, 1.165) is 12.1 Å². The molecule has 1 aromatic carbocycles. The van der Waals surface area contributed by atoms with Gasteiger partial charge in [-0.15, -0.1) is 12.4 Å². The quantitative estimate of drug-likeness (QED) is 0.695. The van der Waals surface area contributed by atoms with E-state index in [1.807, 2.05) is 0 Å². The fourth-order valence-corrected chi connectivity index (χ4v) is 2.50. The molecule has 0 spiro atoms. The molecule has 1 aliphatic rings. The molecule has 0 bridgehead atoms. The van der Waals surface area contributed by atoms with Crippen molar-refractivity contribution in [2.75, 3.05) is 33.4 Å². The molecule has 2 N–H and O–H groups in total. The first-order valence-electron chi connectivity index (χ1n) is 7.56. The maximum atomic E-state index is 12.8. The molecular formula is C16H22ClF3N2O2. The molecule has 1 aliphatic carbocycles. The molecule has 2 rings (SSSR count). The summed E-state index contributed by atoms with van der Waals surface area (Å²) in [5.74, 6) is -0.203. The van der Waals surface area contributed by atoms with Gasteiger partial charge in [-0.2, -0.15) is 13.2 Å². The number of alkyl halides is 3. The lowest BCUT2D eigenvalue weighted by atomic mass is 9.93. The maximum Gasteiger partial charge on any atom is 0.416 e. The normalized spacial score (nSPS) is 15.5. The number of carbonyl (C=O) groups is 1. The first-order valence-corrected chi connectivity index (χ1v) is 7.56. The smallest absolute Gasteiger partial charge is 0.383 e. The summed E-state index contributed by atoms with van der Waals surface area (Å²) in [7, 11) is 1.61. The number of halogens is 4. The molecule has 24 heavy (non-hydrogen) atoms. The molecule has 136 valence electrons. The van der Waals surface area contributed by atoms with Crippen molar-refractivity contribution in [2.24, 2.45) is 0 Å². The average Bonchev–Trinajstić information content (AvgIpc) is 3.32. The third kappa shape index (κ3) is 5.09. The Morgan fingerprint density at radius 2 is 1.96 bits per heavy atom. The van der Waals surface area contributed by atoms with Crippen LogP contribution >= 0.6 is 12.4 Å². The number of hydrogen-bond acceptors (Lipinski definition) is 3. The van der Waals surface area contributed by atoms with Gasteiger partial charge in [0.1, 0.15) is 0 Å². The Kier molecular flexibility index (Phi) is 7.51. The van der Waals surface area contributed by atoms with E-state index in [-0.39, 0.29) is 18.3 Å². The third-order valence-electron chi connectivity index (χ3n) is 4.00. The fourth-order valence-electron chi connectivity index (χ4n) is 2.50. The zero-order valence-electron chi connectivity index (χ0n) is 13.4. The molecule has 1 aromatic rings. The molecule has 1 fully saturated rings. The monoisotopic (exact) mass is 366 g/mol. The summed E-state index contributed by atoms with van der Waals surface area (Å²) in [6.45, 7) is 2.30. The van der Waals surface area contributed by atoms with E-state index >= 15 is 0 Å². The number of nitrogens with one attached hydrogen (secondary N) is 2. The zero-order valence-corrected chi connectivity index (χ0v) is 14.2. The molecule has 0 aromatic heterocycles. The maximum absolute atomic E-state index is 12.8. The van der Waals surface area contributed by atoms with E-state index in [1.54, 1.807) is 13.2 Å². The summed E-state index contributed by atoms with van der Waals surface area (Å²) < 4.78 is 43.3. The van der Waals surface area contributed by atoms with Gasteiger partial charge in [0.25, 0.3) is 0 Å². The number of benzene rings is 1. The van der Waals surface area contributed by atoms with Gasteiger partial charge in [-0.3, -0.25) is 4.79 Å². The molecule has 0 saturated heterocycles. The summed E-state index contributed by atoms with van der Waals surface area (Å²) in [6.07, 6.45) is -3.23. The van der Waals surface area contributed by atoms with Crippen LogP contribution in [0.1, 0.15) is 24.0 Å².